The lowest BCUT2D eigenvalue weighted by atomic mass is 10.3. The first-order valence-electron chi connectivity index (χ1n) is 3.86. The van der Waals surface area contributed by atoms with Gasteiger partial charge in [0.15, 0.2) is 0 Å². The second-order valence-electron chi connectivity index (χ2n) is 2.28. The highest BCUT2D eigenvalue weighted by Gasteiger charge is 2.18. The lowest BCUT2D eigenvalue weighted by Crippen LogP contribution is -2.11. The zero-order valence-corrected chi connectivity index (χ0v) is 8.64. The van der Waals surface area contributed by atoms with Gasteiger partial charge in [0, 0.05) is 6.07 Å². The van der Waals surface area contributed by atoms with Gasteiger partial charge in [0.05, 0.1) is 22.3 Å². The Kier molecular flexibility index (Phi) is 3.65. The Morgan fingerprint density at radius 2 is 2.36 bits per heavy atom. The summed E-state index contributed by atoms with van der Waals surface area (Å²) in [7, 11) is 1.88. The molecule has 0 bridgehead atoms. The quantitative estimate of drug-likeness (QED) is 0.556. The third-order valence-corrected chi connectivity index (χ3v) is 1.65. The topological polar surface area (TPSA) is 65.7 Å². The maximum absolute atomic E-state index is 11.2. The number of rotatable bonds is 3. The first kappa shape index (κ1) is 10.7. The molecule has 0 aliphatic rings. The van der Waals surface area contributed by atoms with E-state index in [1.807, 2.05) is 9.47 Å². The highest BCUT2D eigenvalue weighted by atomic mass is 31.0. The van der Waals surface area contributed by atoms with Crippen LogP contribution in [0.4, 0.5) is 0 Å². The van der Waals surface area contributed by atoms with Crippen LogP contribution in [0.1, 0.15) is 17.5 Å². The van der Waals surface area contributed by atoms with Gasteiger partial charge >= 0.3 is 5.97 Å². The highest BCUT2D eigenvalue weighted by molar-refractivity contribution is 7.10. The maximum Gasteiger partial charge on any atom is 0.378 e. The van der Waals surface area contributed by atoms with Gasteiger partial charge in [-0.2, -0.15) is 0 Å². The minimum atomic E-state index is -0.720. The van der Waals surface area contributed by atoms with E-state index in [2.05, 4.69) is 9.26 Å². The van der Waals surface area contributed by atoms with Gasteiger partial charge in [-0.15, -0.1) is 0 Å². The van der Waals surface area contributed by atoms with Crippen LogP contribution in [0, 0.1) is 0 Å². The molecule has 0 fully saturated rings. The Bertz CT molecular complexity index is 384. The number of ether oxygens (including phenoxy) is 1. The van der Waals surface area contributed by atoms with E-state index in [1.54, 1.807) is 6.92 Å². The van der Waals surface area contributed by atoms with Gasteiger partial charge < -0.3 is 13.7 Å². The van der Waals surface area contributed by atoms with Crippen LogP contribution in [0.25, 0.3) is 0 Å². The molecule has 0 amide bonds. The summed E-state index contributed by atoms with van der Waals surface area (Å²) >= 11 is 0. The van der Waals surface area contributed by atoms with Crippen LogP contribution in [0.3, 0.4) is 0 Å². The smallest absolute Gasteiger partial charge is 0.378 e. The van der Waals surface area contributed by atoms with Crippen molar-refractivity contribution < 1.29 is 18.5 Å². The summed E-state index contributed by atoms with van der Waals surface area (Å²) in [5.41, 5.74) is -0.436. The molecular formula is C8H9O5P. The molecule has 76 valence electrons. The molecule has 1 rings (SSSR count). The Hall–Kier alpha value is -1.35. The Balaban J connectivity index is 3.14. The minimum Gasteiger partial charge on any atom is -0.472 e. The average Bonchev–Trinajstić information content (AvgIpc) is 2.17. The molecule has 0 N–H and O–H groups in total. The molecule has 1 aromatic heterocycles. The summed E-state index contributed by atoms with van der Waals surface area (Å²) in [6, 6.07) is 1.15. The summed E-state index contributed by atoms with van der Waals surface area (Å²) < 4.78 is 14.1. The number of hydrogen-bond acceptors (Lipinski definition) is 5. The van der Waals surface area contributed by atoms with E-state index in [-0.39, 0.29) is 18.1 Å². The lowest BCUT2D eigenvalue weighted by molar-refractivity contribution is 0.0483. The Morgan fingerprint density at radius 3 is 2.93 bits per heavy atom. The lowest BCUT2D eigenvalue weighted by Gasteiger charge is -2.03. The fourth-order valence-electron chi connectivity index (χ4n) is 0.854. The van der Waals surface area contributed by atoms with Crippen LogP contribution in [-0.2, 0) is 4.74 Å². The van der Waals surface area contributed by atoms with E-state index in [1.165, 1.54) is 0 Å². The fourth-order valence-corrected chi connectivity index (χ4v) is 1.08. The molecule has 1 heterocycles. The van der Waals surface area contributed by atoms with Gasteiger partial charge in [0.25, 0.3) is 5.76 Å². The van der Waals surface area contributed by atoms with Crippen molar-refractivity contribution >= 4 is 15.4 Å². The monoisotopic (exact) mass is 216 g/mol. The zero-order valence-electron chi connectivity index (χ0n) is 7.48. The van der Waals surface area contributed by atoms with Crippen molar-refractivity contribution in [3.8, 4) is 5.75 Å². The van der Waals surface area contributed by atoms with Crippen LogP contribution in [0.15, 0.2) is 21.5 Å². The van der Waals surface area contributed by atoms with Crippen molar-refractivity contribution in [2.24, 2.45) is 0 Å². The number of carbonyl (C=O) groups is 1. The van der Waals surface area contributed by atoms with Crippen LogP contribution < -0.4 is 9.95 Å². The summed E-state index contributed by atoms with van der Waals surface area (Å²) in [6.07, 6.45) is 1.11. The van der Waals surface area contributed by atoms with E-state index in [0.717, 1.165) is 12.3 Å². The molecule has 0 saturated carbocycles. The van der Waals surface area contributed by atoms with Gasteiger partial charge in [0.1, 0.15) is 0 Å². The van der Waals surface area contributed by atoms with Gasteiger partial charge in [0.2, 0.25) is 11.2 Å². The second-order valence-corrected chi connectivity index (χ2v) is 2.52. The predicted octanol–water partition coefficient (Wildman–Crippen LogP) is 0.985. The van der Waals surface area contributed by atoms with Gasteiger partial charge in [-0.25, -0.2) is 4.79 Å². The third kappa shape index (κ3) is 2.12. The highest BCUT2D eigenvalue weighted by Crippen LogP contribution is 2.15. The summed E-state index contributed by atoms with van der Waals surface area (Å²) in [4.78, 5) is 22.4. The molecule has 1 unspecified atom stereocenters. The maximum atomic E-state index is 11.2. The summed E-state index contributed by atoms with van der Waals surface area (Å²) in [6.45, 7) is 1.86. The molecule has 0 spiro atoms. The zero-order chi connectivity index (χ0) is 10.6. The molecule has 1 atom stereocenters. The number of carbonyl (C=O) groups excluding carboxylic acids is 1. The molecule has 5 nitrogen and oxygen atoms in total. The van der Waals surface area contributed by atoms with Crippen molar-refractivity contribution in [2.45, 2.75) is 6.92 Å². The van der Waals surface area contributed by atoms with E-state index in [4.69, 9.17) is 4.42 Å². The molecule has 0 aliphatic heterocycles. The predicted molar refractivity (Wildman–Crippen MR) is 51.3 cm³/mol. The third-order valence-electron chi connectivity index (χ3n) is 1.41. The van der Waals surface area contributed by atoms with Crippen molar-refractivity contribution in [3.63, 3.8) is 0 Å². The standard InChI is InChI=1S/C8H9O5P/c1-2-11-8(10)7-6(13-14)5(9)3-4-12-7/h3-4H,2,14H2,1H3. The van der Waals surface area contributed by atoms with E-state index in [9.17, 15) is 9.59 Å². The average molecular weight is 216 g/mol. The first-order chi connectivity index (χ1) is 6.70. The minimum absolute atomic E-state index is 0.170. The molecule has 14 heavy (non-hydrogen) atoms. The van der Waals surface area contributed by atoms with Gasteiger partial charge in [-0.3, -0.25) is 4.79 Å². The van der Waals surface area contributed by atoms with E-state index < -0.39 is 11.4 Å². The summed E-state index contributed by atoms with van der Waals surface area (Å²) in [5.74, 6) is -1.12. The molecule has 0 aliphatic carbocycles. The molecule has 0 radical (unpaired) electrons. The Labute approximate surface area is 82.3 Å². The van der Waals surface area contributed by atoms with Crippen molar-refractivity contribution in [1.82, 2.24) is 0 Å². The second kappa shape index (κ2) is 4.77. The molecule has 0 aromatic carbocycles. The first-order valence-corrected chi connectivity index (χ1v) is 4.33. The van der Waals surface area contributed by atoms with Crippen molar-refractivity contribution in [1.29, 1.82) is 0 Å². The van der Waals surface area contributed by atoms with Gasteiger partial charge in [-0.1, -0.05) is 0 Å². The molecule has 6 heteroatoms. The largest absolute Gasteiger partial charge is 0.472 e. The van der Waals surface area contributed by atoms with Crippen LogP contribution in [0.2, 0.25) is 0 Å². The van der Waals surface area contributed by atoms with Crippen LogP contribution >= 0.6 is 9.47 Å². The number of hydrogen-bond donors (Lipinski definition) is 0. The summed E-state index contributed by atoms with van der Waals surface area (Å²) in [5, 5.41) is 0. The van der Waals surface area contributed by atoms with Gasteiger partial charge in [-0.05, 0) is 6.92 Å². The molecular weight excluding hydrogens is 207 g/mol. The van der Waals surface area contributed by atoms with E-state index >= 15 is 0 Å². The number of esters is 1. The fraction of sp³-hybridized carbons (Fsp3) is 0.250. The van der Waals surface area contributed by atoms with Crippen LogP contribution in [-0.4, -0.2) is 12.6 Å². The molecule has 1 aromatic rings. The van der Waals surface area contributed by atoms with Crippen molar-refractivity contribution in [3.05, 3.63) is 28.3 Å². The SMILES string of the molecule is CCOC(=O)c1occc(=O)c1OP. The molecule has 0 saturated heterocycles. The Morgan fingerprint density at radius 1 is 1.64 bits per heavy atom. The normalized spacial score (nSPS) is 9.57. The van der Waals surface area contributed by atoms with E-state index in [0.29, 0.717) is 0 Å². The van der Waals surface area contributed by atoms with Crippen LogP contribution in [0.5, 0.6) is 5.75 Å². The van der Waals surface area contributed by atoms with Crippen molar-refractivity contribution in [2.75, 3.05) is 6.61 Å².